The zero-order valence-corrected chi connectivity index (χ0v) is 12.7. The molecule has 110 valence electrons. The number of pyridine rings is 1. The van der Waals surface area contributed by atoms with E-state index in [4.69, 9.17) is 0 Å². The average Bonchev–Trinajstić information content (AvgIpc) is 3.19. The van der Waals surface area contributed by atoms with E-state index in [-0.39, 0.29) is 6.03 Å². The zero-order valence-electron chi connectivity index (χ0n) is 11.9. The highest BCUT2D eigenvalue weighted by Crippen LogP contribution is 2.26. The van der Waals surface area contributed by atoms with Crippen molar-refractivity contribution >= 4 is 23.1 Å². The molecule has 0 saturated heterocycles. The fraction of sp³-hybridized carbons (Fsp3) is 0.375. The maximum absolute atomic E-state index is 12.6. The van der Waals surface area contributed by atoms with Crippen molar-refractivity contribution in [2.24, 2.45) is 0 Å². The third-order valence-corrected chi connectivity index (χ3v) is 4.73. The Bertz CT molecular complexity index is 564. The number of thiophene rings is 1. The molecule has 0 atom stereocenters. The average molecular weight is 301 g/mol. The van der Waals surface area contributed by atoms with Gasteiger partial charge in [0, 0.05) is 29.0 Å². The molecule has 2 heterocycles. The molecule has 2 aromatic heterocycles. The number of urea groups is 1. The van der Waals surface area contributed by atoms with E-state index >= 15 is 0 Å². The minimum absolute atomic E-state index is 0.0125. The smallest absolute Gasteiger partial charge is 0.316 e. The van der Waals surface area contributed by atoms with E-state index in [1.165, 1.54) is 17.7 Å². The lowest BCUT2D eigenvalue weighted by Gasteiger charge is -2.28. The van der Waals surface area contributed by atoms with E-state index in [0.29, 0.717) is 12.6 Å². The first kappa shape index (κ1) is 14.1. The number of carbonyl (C=O) groups excluding carboxylic acids is 1. The Morgan fingerprint density at radius 1 is 1.29 bits per heavy atom. The topological polar surface area (TPSA) is 45.2 Å². The highest BCUT2D eigenvalue weighted by Gasteiger charge is 2.27. The van der Waals surface area contributed by atoms with Crippen LogP contribution in [-0.4, -0.2) is 22.0 Å². The quantitative estimate of drug-likeness (QED) is 0.923. The molecule has 0 radical (unpaired) electrons. The van der Waals surface area contributed by atoms with E-state index in [1.54, 1.807) is 23.7 Å². The van der Waals surface area contributed by atoms with Crippen LogP contribution >= 0.6 is 11.3 Å². The maximum atomic E-state index is 12.6. The molecule has 0 spiro atoms. The highest BCUT2D eigenvalue weighted by atomic mass is 32.1. The second-order valence-electron chi connectivity index (χ2n) is 5.31. The number of hydrogen-bond donors (Lipinski definition) is 1. The van der Waals surface area contributed by atoms with Gasteiger partial charge in [0.1, 0.15) is 0 Å². The number of rotatable bonds is 4. The van der Waals surface area contributed by atoms with Gasteiger partial charge in [0.2, 0.25) is 0 Å². The molecule has 1 saturated carbocycles. The molecule has 5 heteroatoms. The molecule has 2 aromatic rings. The van der Waals surface area contributed by atoms with Crippen LogP contribution in [-0.2, 0) is 6.54 Å². The second kappa shape index (κ2) is 6.72. The molecule has 1 fully saturated rings. The zero-order chi connectivity index (χ0) is 14.5. The predicted molar refractivity (Wildman–Crippen MR) is 85.4 cm³/mol. The van der Waals surface area contributed by atoms with Gasteiger partial charge in [-0.25, -0.2) is 4.79 Å². The van der Waals surface area contributed by atoms with Crippen LogP contribution in [0.25, 0.3) is 0 Å². The summed E-state index contributed by atoms with van der Waals surface area (Å²) in [5.74, 6) is 0. The summed E-state index contributed by atoms with van der Waals surface area (Å²) in [6.45, 7) is 0.694. The summed E-state index contributed by atoms with van der Waals surface area (Å²) in [5.41, 5.74) is 0.796. The van der Waals surface area contributed by atoms with Gasteiger partial charge < -0.3 is 10.2 Å². The molecular weight excluding hydrogens is 282 g/mol. The summed E-state index contributed by atoms with van der Waals surface area (Å²) in [7, 11) is 0. The van der Waals surface area contributed by atoms with E-state index < -0.39 is 0 Å². The number of anilines is 1. The van der Waals surface area contributed by atoms with Gasteiger partial charge in [-0.3, -0.25) is 4.98 Å². The van der Waals surface area contributed by atoms with Crippen LogP contribution in [0.2, 0.25) is 0 Å². The van der Waals surface area contributed by atoms with E-state index in [1.807, 2.05) is 23.1 Å². The first-order valence-corrected chi connectivity index (χ1v) is 8.21. The first-order chi connectivity index (χ1) is 10.3. The van der Waals surface area contributed by atoms with Gasteiger partial charge in [0.15, 0.2) is 0 Å². The van der Waals surface area contributed by atoms with Crippen LogP contribution in [0.4, 0.5) is 10.5 Å². The number of nitrogens with one attached hydrogen (secondary N) is 1. The Labute approximate surface area is 128 Å². The maximum Gasteiger partial charge on any atom is 0.322 e. The van der Waals surface area contributed by atoms with Crippen LogP contribution in [0, 0.1) is 0 Å². The Hall–Kier alpha value is -1.88. The Morgan fingerprint density at radius 3 is 2.71 bits per heavy atom. The molecule has 2 amide bonds. The van der Waals surface area contributed by atoms with Gasteiger partial charge in [0.05, 0.1) is 6.54 Å². The molecular formula is C16H19N3OS. The fourth-order valence-electron chi connectivity index (χ4n) is 2.78. The van der Waals surface area contributed by atoms with Gasteiger partial charge in [-0.15, -0.1) is 11.3 Å². The van der Waals surface area contributed by atoms with Crippen LogP contribution in [0.15, 0.2) is 42.0 Å². The van der Waals surface area contributed by atoms with Crippen LogP contribution in [0.1, 0.15) is 30.6 Å². The standard InChI is InChI=1S/C16H19N3OS/c20-16(18-13-7-9-17-10-8-13)19(14-4-1-2-5-14)12-15-6-3-11-21-15/h3,6-11,14H,1-2,4-5,12H2,(H,17,18,20). The Morgan fingerprint density at radius 2 is 2.05 bits per heavy atom. The van der Waals surface area contributed by atoms with E-state index in [9.17, 15) is 4.79 Å². The van der Waals surface area contributed by atoms with Crippen LogP contribution in [0.5, 0.6) is 0 Å². The number of amides is 2. The highest BCUT2D eigenvalue weighted by molar-refractivity contribution is 7.09. The molecule has 1 aliphatic rings. The van der Waals surface area contributed by atoms with Gasteiger partial charge in [0.25, 0.3) is 0 Å². The minimum Gasteiger partial charge on any atom is -0.316 e. The minimum atomic E-state index is -0.0125. The number of aromatic nitrogens is 1. The summed E-state index contributed by atoms with van der Waals surface area (Å²) in [6, 6.07) is 8.10. The lowest BCUT2D eigenvalue weighted by molar-refractivity contribution is 0.185. The molecule has 4 nitrogen and oxygen atoms in total. The first-order valence-electron chi connectivity index (χ1n) is 7.33. The summed E-state index contributed by atoms with van der Waals surface area (Å²) in [4.78, 5) is 19.8. The van der Waals surface area contributed by atoms with E-state index in [0.717, 1.165) is 18.5 Å². The van der Waals surface area contributed by atoms with Crippen molar-refractivity contribution in [2.75, 3.05) is 5.32 Å². The van der Waals surface area contributed by atoms with Gasteiger partial charge in [-0.1, -0.05) is 18.9 Å². The van der Waals surface area contributed by atoms with Crippen molar-refractivity contribution in [1.82, 2.24) is 9.88 Å². The molecule has 0 bridgehead atoms. The summed E-state index contributed by atoms with van der Waals surface area (Å²) in [6.07, 6.45) is 8.02. The third kappa shape index (κ3) is 3.61. The normalized spacial score (nSPS) is 15.0. The Balaban J connectivity index is 1.72. The lowest BCUT2D eigenvalue weighted by atomic mass is 10.2. The van der Waals surface area contributed by atoms with E-state index in [2.05, 4.69) is 21.7 Å². The van der Waals surface area contributed by atoms with Gasteiger partial charge >= 0.3 is 6.03 Å². The van der Waals surface area contributed by atoms with Crippen molar-refractivity contribution in [3.63, 3.8) is 0 Å². The fourth-order valence-corrected chi connectivity index (χ4v) is 3.49. The van der Waals surface area contributed by atoms with Crippen molar-refractivity contribution in [3.8, 4) is 0 Å². The summed E-state index contributed by atoms with van der Waals surface area (Å²) >= 11 is 1.70. The number of hydrogen-bond acceptors (Lipinski definition) is 3. The van der Waals surface area contributed by atoms with Crippen molar-refractivity contribution in [3.05, 3.63) is 46.9 Å². The van der Waals surface area contributed by atoms with Crippen LogP contribution in [0.3, 0.4) is 0 Å². The molecule has 1 N–H and O–H groups in total. The second-order valence-corrected chi connectivity index (χ2v) is 6.34. The molecule has 21 heavy (non-hydrogen) atoms. The SMILES string of the molecule is O=C(Nc1ccncc1)N(Cc1cccs1)C1CCCC1. The lowest BCUT2D eigenvalue weighted by Crippen LogP contribution is -2.40. The van der Waals surface area contributed by atoms with Crippen molar-refractivity contribution < 1.29 is 4.79 Å². The predicted octanol–water partition coefficient (Wildman–Crippen LogP) is 4.12. The molecule has 3 rings (SSSR count). The molecule has 0 aliphatic heterocycles. The van der Waals surface area contributed by atoms with Crippen LogP contribution < -0.4 is 5.32 Å². The largest absolute Gasteiger partial charge is 0.322 e. The Kier molecular flexibility index (Phi) is 4.50. The molecule has 1 aliphatic carbocycles. The van der Waals surface area contributed by atoms with Gasteiger partial charge in [-0.05, 0) is 36.4 Å². The van der Waals surface area contributed by atoms with Crippen molar-refractivity contribution in [1.29, 1.82) is 0 Å². The summed E-state index contributed by atoms with van der Waals surface area (Å²) < 4.78 is 0. The van der Waals surface area contributed by atoms with Gasteiger partial charge in [-0.2, -0.15) is 0 Å². The monoisotopic (exact) mass is 301 g/mol. The third-order valence-electron chi connectivity index (χ3n) is 3.86. The summed E-state index contributed by atoms with van der Waals surface area (Å²) in [5, 5.41) is 5.04. The number of carbonyl (C=O) groups is 1. The molecule has 0 aromatic carbocycles. The number of nitrogens with zero attached hydrogens (tertiary/aromatic N) is 2. The molecule has 0 unspecified atom stereocenters. The van der Waals surface area contributed by atoms with Crippen molar-refractivity contribution in [2.45, 2.75) is 38.3 Å².